The van der Waals surface area contributed by atoms with Crippen LogP contribution in [0, 0.1) is 0 Å². The Morgan fingerprint density at radius 3 is 2.20 bits per heavy atom. The zero-order valence-corrected chi connectivity index (χ0v) is 16.0. The number of halogens is 1. The Kier molecular flexibility index (Phi) is 5.56. The van der Waals surface area contributed by atoms with E-state index in [2.05, 4.69) is 20.6 Å². The van der Waals surface area contributed by atoms with Gasteiger partial charge in [0.25, 0.3) is 0 Å². The van der Waals surface area contributed by atoms with E-state index >= 15 is 0 Å². The first-order valence-corrected chi connectivity index (χ1v) is 8.64. The molecule has 2 amide bonds. The molecule has 8 heteroatoms. The first kappa shape index (κ1) is 19.4. The molecule has 1 heterocycles. The lowest BCUT2D eigenvalue weighted by molar-refractivity contribution is -0.127. The van der Waals surface area contributed by atoms with Gasteiger partial charge in [-0.2, -0.15) is 0 Å². The van der Waals surface area contributed by atoms with Gasteiger partial charge in [0, 0.05) is 24.5 Å². The van der Waals surface area contributed by atoms with Crippen molar-refractivity contribution < 1.29 is 14.3 Å². The van der Waals surface area contributed by atoms with Crippen molar-refractivity contribution in [3.63, 3.8) is 0 Å². The van der Waals surface area contributed by atoms with Gasteiger partial charge in [-0.3, -0.25) is 9.78 Å². The predicted molar refractivity (Wildman–Crippen MR) is 94.4 cm³/mol. The van der Waals surface area contributed by atoms with Crippen LogP contribution in [-0.4, -0.2) is 39.7 Å². The molecule has 1 saturated carbocycles. The maximum atomic E-state index is 12.6. The Morgan fingerprint density at radius 2 is 1.64 bits per heavy atom. The highest BCUT2D eigenvalue weighted by Gasteiger charge is 2.38. The molecule has 0 atom stereocenters. The van der Waals surface area contributed by atoms with Gasteiger partial charge < -0.3 is 15.4 Å². The highest BCUT2D eigenvalue weighted by molar-refractivity contribution is 6.30. The summed E-state index contributed by atoms with van der Waals surface area (Å²) in [7, 11) is 0. The molecule has 1 fully saturated rings. The third-order valence-corrected chi connectivity index (χ3v) is 4.28. The van der Waals surface area contributed by atoms with Gasteiger partial charge in [-0.1, -0.05) is 11.6 Å². The van der Waals surface area contributed by atoms with Crippen LogP contribution < -0.4 is 10.6 Å². The van der Waals surface area contributed by atoms with E-state index < -0.39 is 17.1 Å². The van der Waals surface area contributed by atoms with Crippen LogP contribution in [0.4, 0.5) is 4.79 Å². The van der Waals surface area contributed by atoms with Gasteiger partial charge in [0.05, 0.1) is 11.1 Å². The summed E-state index contributed by atoms with van der Waals surface area (Å²) in [5, 5.41) is 6.00. The Hall–Kier alpha value is -1.89. The first-order valence-electron chi connectivity index (χ1n) is 8.26. The third kappa shape index (κ3) is 5.04. The Morgan fingerprint density at radius 1 is 1.08 bits per heavy atom. The largest absolute Gasteiger partial charge is 0.444 e. The van der Waals surface area contributed by atoms with Gasteiger partial charge in [-0.05, 0) is 47.5 Å². The average molecular weight is 369 g/mol. The molecule has 7 nitrogen and oxygen atoms in total. The second-order valence-electron chi connectivity index (χ2n) is 7.81. The zero-order valence-electron chi connectivity index (χ0n) is 15.2. The fourth-order valence-corrected chi connectivity index (χ4v) is 2.88. The van der Waals surface area contributed by atoms with Gasteiger partial charge in [0.1, 0.15) is 5.60 Å². The van der Waals surface area contributed by atoms with E-state index in [0.29, 0.717) is 18.5 Å². The number of hydrogen-bond acceptors (Lipinski definition) is 5. The van der Waals surface area contributed by atoms with Crippen molar-refractivity contribution in [3.05, 3.63) is 23.2 Å². The number of alkyl carbamates (subject to hydrolysis) is 1. The summed E-state index contributed by atoms with van der Waals surface area (Å²) in [6.07, 6.45) is 3.89. The molecule has 0 bridgehead atoms. The number of rotatable bonds is 4. The lowest BCUT2D eigenvalue weighted by Crippen LogP contribution is -2.56. The average Bonchev–Trinajstić information content (AvgIpc) is 2.43. The molecule has 0 radical (unpaired) electrons. The molecule has 0 aromatic carbocycles. The summed E-state index contributed by atoms with van der Waals surface area (Å²) >= 11 is 6.06. The molecule has 1 aromatic rings. The van der Waals surface area contributed by atoms with Crippen molar-refractivity contribution in [2.45, 2.75) is 70.6 Å². The van der Waals surface area contributed by atoms with E-state index in [9.17, 15) is 9.59 Å². The minimum atomic E-state index is -0.894. The van der Waals surface area contributed by atoms with Crippen LogP contribution in [0.3, 0.4) is 0 Å². The van der Waals surface area contributed by atoms with Crippen molar-refractivity contribution in [3.8, 4) is 0 Å². The molecule has 1 aliphatic carbocycles. The van der Waals surface area contributed by atoms with Crippen LogP contribution in [0.2, 0.25) is 5.15 Å². The smallest absolute Gasteiger partial charge is 0.407 e. The lowest BCUT2D eigenvalue weighted by atomic mass is 9.83. The van der Waals surface area contributed by atoms with Crippen LogP contribution in [0.1, 0.15) is 53.2 Å². The monoisotopic (exact) mass is 368 g/mol. The third-order valence-electron chi connectivity index (χ3n) is 4.01. The number of nitrogens with one attached hydrogen (secondary N) is 2. The topological polar surface area (TPSA) is 93.2 Å². The standard InChI is InChI=1S/C17H25ClN4O3/c1-16(2,3)25-15(24)22-11-8-10(9-11)21-14(23)17(4,5)12-13(18)20-7-6-19-12/h6-7,10-11H,8-9H2,1-5H3,(H,21,23)(H,22,24)/t10-,11+. The fourth-order valence-electron chi connectivity index (χ4n) is 2.54. The van der Waals surface area contributed by atoms with E-state index in [0.717, 1.165) is 0 Å². The Bertz CT molecular complexity index is 652. The normalized spacial score (nSPS) is 20.4. The molecular weight excluding hydrogens is 344 g/mol. The van der Waals surface area contributed by atoms with Crippen molar-refractivity contribution in [2.75, 3.05) is 0 Å². The van der Waals surface area contributed by atoms with Gasteiger partial charge in [-0.15, -0.1) is 0 Å². The lowest BCUT2D eigenvalue weighted by Gasteiger charge is -2.38. The summed E-state index contributed by atoms with van der Waals surface area (Å²) in [4.78, 5) is 32.5. The van der Waals surface area contributed by atoms with E-state index in [1.165, 1.54) is 12.4 Å². The number of carbonyl (C=O) groups excluding carboxylic acids is 2. The van der Waals surface area contributed by atoms with Crippen LogP contribution in [0.25, 0.3) is 0 Å². The number of aromatic nitrogens is 2. The number of nitrogens with zero attached hydrogens (tertiary/aromatic N) is 2. The molecule has 138 valence electrons. The number of ether oxygens (including phenoxy) is 1. The second kappa shape index (κ2) is 7.15. The number of carbonyl (C=O) groups is 2. The van der Waals surface area contributed by atoms with Crippen molar-refractivity contribution >= 4 is 23.6 Å². The summed E-state index contributed by atoms with van der Waals surface area (Å²) < 4.78 is 5.22. The first-order chi connectivity index (χ1) is 11.5. The van der Waals surface area contributed by atoms with Gasteiger partial charge in [0.15, 0.2) is 5.15 Å². The van der Waals surface area contributed by atoms with Gasteiger partial charge in [0.2, 0.25) is 5.91 Å². The minimum Gasteiger partial charge on any atom is -0.444 e. The molecule has 0 spiro atoms. The quantitative estimate of drug-likeness (QED) is 0.851. The molecular formula is C17H25ClN4O3. The number of hydrogen-bond donors (Lipinski definition) is 2. The molecule has 25 heavy (non-hydrogen) atoms. The van der Waals surface area contributed by atoms with Crippen LogP contribution >= 0.6 is 11.6 Å². The highest BCUT2D eigenvalue weighted by Crippen LogP contribution is 2.28. The fraction of sp³-hybridized carbons (Fsp3) is 0.647. The summed E-state index contributed by atoms with van der Waals surface area (Å²) in [5.41, 5.74) is -0.979. The summed E-state index contributed by atoms with van der Waals surface area (Å²) in [6.45, 7) is 8.96. The SMILES string of the molecule is CC(C)(C)OC(=O)N[C@H]1C[C@@H](NC(=O)C(C)(C)c2nccnc2Cl)C1. The van der Waals surface area contributed by atoms with E-state index in [1.807, 2.05) is 20.8 Å². The van der Waals surface area contributed by atoms with E-state index in [1.54, 1.807) is 13.8 Å². The molecule has 2 rings (SSSR count). The van der Waals surface area contributed by atoms with Crippen LogP contribution in [0.15, 0.2) is 12.4 Å². The minimum absolute atomic E-state index is 0.00200. The van der Waals surface area contributed by atoms with Gasteiger partial charge in [-0.25, -0.2) is 9.78 Å². The Balaban J connectivity index is 1.84. The molecule has 0 unspecified atom stereocenters. The van der Waals surface area contributed by atoms with Gasteiger partial charge >= 0.3 is 6.09 Å². The molecule has 0 aliphatic heterocycles. The molecule has 1 aromatic heterocycles. The maximum Gasteiger partial charge on any atom is 0.407 e. The highest BCUT2D eigenvalue weighted by atomic mass is 35.5. The summed E-state index contributed by atoms with van der Waals surface area (Å²) in [5.74, 6) is -0.171. The van der Waals surface area contributed by atoms with E-state index in [-0.39, 0.29) is 23.1 Å². The predicted octanol–water partition coefficient (Wildman–Crippen LogP) is 2.58. The molecule has 2 N–H and O–H groups in total. The van der Waals surface area contributed by atoms with Crippen LogP contribution in [-0.2, 0) is 14.9 Å². The molecule has 1 aliphatic rings. The van der Waals surface area contributed by atoms with Crippen molar-refractivity contribution in [1.29, 1.82) is 0 Å². The maximum absolute atomic E-state index is 12.6. The van der Waals surface area contributed by atoms with Crippen LogP contribution in [0.5, 0.6) is 0 Å². The van der Waals surface area contributed by atoms with Crippen molar-refractivity contribution in [2.24, 2.45) is 0 Å². The van der Waals surface area contributed by atoms with Crippen molar-refractivity contribution in [1.82, 2.24) is 20.6 Å². The summed E-state index contributed by atoms with van der Waals surface area (Å²) in [6, 6.07) is 0.00512. The second-order valence-corrected chi connectivity index (χ2v) is 8.16. The van der Waals surface area contributed by atoms with E-state index in [4.69, 9.17) is 16.3 Å². The Labute approximate surface area is 152 Å². The zero-order chi connectivity index (χ0) is 18.8. The number of amides is 2. The molecule has 0 saturated heterocycles.